The van der Waals surface area contributed by atoms with Gasteiger partial charge in [0.05, 0.1) is 0 Å². The van der Waals surface area contributed by atoms with Crippen molar-refractivity contribution in [1.82, 2.24) is 0 Å². The summed E-state index contributed by atoms with van der Waals surface area (Å²) in [7, 11) is 0. The van der Waals surface area contributed by atoms with Gasteiger partial charge in [-0.15, -0.1) is 0 Å². The fraction of sp³-hybridized carbons (Fsp3) is 1.00. The van der Waals surface area contributed by atoms with Gasteiger partial charge in [0.15, 0.2) is 0 Å². The summed E-state index contributed by atoms with van der Waals surface area (Å²) in [5.41, 5.74) is 0. The van der Waals surface area contributed by atoms with E-state index in [1.54, 1.807) is 6.92 Å². The Labute approximate surface area is 213 Å². The van der Waals surface area contributed by atoms with Gasteiger partial charge >= 0.3 is 47.6 Å². The minimum atomic E-state index is -8.59. The lowest BCUT2D eigenvalue weighted by Gasteiger charge is -2.44. The van der Waals surface area contributed by atoms with Gasteiger partial charge in [-0.2, -0.15) is 74.6 Å². The van der Waals surface area contributed by atoms with Crippen LogP contribution in [0.2, 0.25) is 0 Å². The molecule has 0 aliphatic heterocycles. The maximum Gasteiger partial charge on any atom is 0.460 e. The van der Waals surface area contributed by atoms with E-state index >= 15 is 0 Å². The fourth-order valence-corrected chi connectivity index (χ4v) is 4.69. The maximum absolute atomic E-state index is 14.6. The van der Waals surface area contributed by atoms with Gasteiger partial charge in [-0.1, -0.05) is 68.5 Å². The molecular formula is C19H22F17I. The molecule has 0 aromatic heterocycles. The minimum absolute atomic E-state index is 0.0646. The zero-order valence-corrected chi connectivity index (χ0v) is 21.1. The van der Waals surface area contributed by atoms with Crippen LogP contribution in [-0.4, -0.2) is 51.6 Å². The van der Waals surface area contributed by atoms with Crippen molar-refractivity contribution in [2.75, 3.05) is 0 Å². The van der Waals surface area contributed by atoms with E-state index in [0.717, 1.165) is 29.0 Å². The Morgan fingerprint density at radius 3 is 1.19 bits per heavy atom. The average molecular weight is 700 g/mol. The molecule has 0 aliphatic carbocycles. The Kier molecular flexibility index (Phi) is 11.4. The highest BCUT2D eigenvalue weighted by atomic mass is 127. The summed E-state index contributed by atoms with van der Waals surface area (Å²) in [4.78, 5) is 0. The summed E-state index contributed by atoms with van der Waals surface area (Å²) >= 11 is 1.09. The Morgan fingerprint density at radius 1 is 0.486 bits per heavy atom. The molecule has 18 heteroatoms. The third-order valence-electron chi connectivity index (χ3n) is 5.67. The average Bonchev–Trinajstić information content (AvgIpc) is 2.72. The first-order valence-corrected chi connectivity index (χ1v) is 11.8. The summed E-state index contributed by atoms with van der Waals surface area (Å²) in [6.07, 6.45) is -6.88. The highest BCUT2D eigenvalue weighted by Crippen LogP contribution is 2.65. The van der Waals surface area contributed by atoms with Crippen LogP contribution < -0.4 is 0 Å². The molecule has 224 valence electrons. The molecular weight excluding hydrogens is 678 g/mol. The second kappa shape index (κ2) is 11.6. The van der Waals surface area contributed by atoms with Crippen LogP contribution in [0.5, 0.6) is 0 Å². The third-order valence-corrected chi connectivity index (χ3v) is 7.16. The van der Waals surface area contributed by atoms with E-state index in [1.165, 1.54) is 0 Å². The van der Waals surface area contributed by atoms with E-state index in [1.807, 2.05) is 0 Å². The maximum atomic E-state index is 14.6. The summed E-state index contributed by atoms with van der Waals surface area (Å²) in [5.74, 6) is -58.9. The van der Waals surface area contributed by atoms with E-state index in [2.05, 4.69) is 0 Å². The standard InChI is InChI=1S/C19H22F17I/c1-3-5-6-7-8-9-11(37)10(4-2)12(20,21)13(22,23)14(24,25)15(26,27)16(28,29)17(30,31)18(32,33)19(34,35)36/h10-11H,3-9H2,1-2H3. The van der Waals surface area contributed by atoms with Gasteiger partial charge in [0, 0.05) is 9.84 Å². The predicted octanol–water partition coefficient (Wildman–Crippen LogP) is 10.2. The van der Waals surface area contributed by atoms with Gasteiger partial charge in [0.2, 0.25) is 0 Å². The second-order valence-corrected chi connectivity index (χ2v) is 9.90. The monoisotopic (exact) mass is 700 g/mol. The van der Waals surface area contributed by atoms with Crippen LogP contribution in [0, 0.1) is 5.92 Å². The zero-order chi connectivity index (χ0) is 30.1. The van der Waals surface area contributed by atoms with Crippen LogP contribution in [0.4, 0.5) is 74.6 Å². The van der Waals surface area contributed by atoms with E-state index < -0.39 is 63.9 Å². The predicted molar refractivity (Wildman–Crippen MR) is 106 cm³/mol. The molecule has 2 atom stereocenters. The summed E-state index contributed by atoms with van der Waals surface area (Å²) in [6, 6.07) is 0. The molecule has 0 radical (unpaired) electrons. The van der Waals surface area contributed by atoms with Gasteiger partial charge in [0.25, 0.3) is 0 Å². The normalized spacial score (nSPS) is 17.2. The highest BCUT2D eigenvalue weighted by Gasteiger charge is 2.95. The molecule has 0 aromatic rings. The quantitative estimate of drug-likeness (QED) is 0.0691. The number of rotatable bonds is 15. The van der Waals surface area contributed by atoms with Crippen LogP contribution in [0.25, 0.3) is 0 Å². The number of halogens is 18. The largest absolute Gasteiger partial charge is 0.460 e. The van der Waals surface area contributed by atoms with Crippen LogP contribution in [0.15, 0.2) is 0 Å². The van der Waals surface area contributed by atoms with Crippen LogP contribution >= 0.6 is 22.6 Å². The van der Waals surface area contributed by atoms with Crippen molar-refractivity contribution in [2.24, 2.45) is 5.92 Å². The summed E-state index contributed by atoms with van der Waals surface area (Å²) in [5, 5.41) is 0. The first-order valence-electron chi connectivity index (χ1n) is 10.5. The van der Waals surface area contributed by atoms with Gasteiger partial charge in [-0.25, -0.2) is 0 Å². The van der Waals surface area contributed by atoms with E-state index in [4.69, 9.17) is 0 Å². The van der Waals surface area contributed by atoms with Gasteiger partial charge in [-0.05, 0) is 12.8 Å². The molecule has 2 unspecified atom stereocenters. The first kappa shape index (κ1) is 36.5. The smallest absolute Gasteiger partial charge is 0.199 e. The van der Waals surface area contributed by atoms with Crippen LogP contribution in [0.1, 0.15) is 58.8 Å². The van der Waals surface area contributed by atoms with E-state index in [9.17, 15) is 74.6 Å². The van der Waals surface area contributed by atoms with Crippen LogP contribution in [0.3, 0.4) is 0 Å². The van der Waals surface area contributed by atoms with Crippen molar-refractivity contribution in [3.05, 3.63) is 0 Å². The van der Waals surface area contributed by atoms with Crippen molar-refractivity contribution in [1.29, 1.82) is 0 Å². The highest BCUT2D eigenvalue weighted by molar-refractivity contribution is 14.1. The van der Waals surface area contributed by atoms with E-state index in [-0.39, 0.29) is 12.8 Å². The Morgan fingerprint density at radius 2 is 0.838 bits per heavy atom. The molecule has 0 saturated heterocycles. The summed E-state index contributed by atoms with van der Waals surface area (Å²) < 4.78 is 227. The molecule has 0 aliphatic rings. The van der Waals surface area contributed by atoms with Crippen molar-refractivity contribution < 1.29 is 74.6 Å². The molecule has 0 heterocycles. The van der Waals surface area contributed by atoms with Gasteiger partial charge < -0.3 is 0 Å². The SMILES string of the molecule is CCCCCCCC(I)C(CC)C(F)(F)C(F)(F)C(F)(F)C(F)(F)C(F)(F)C(F)(F)C(F)(F)C(F)(F)F. The molecule has 0 aromatic carbocycles. The van der Waals surface area contributed by atoms with Gasteiger partial charge in [0.1, 0.15) is 0 Å². The number of alkyl halides is 18. The van der Waals surface area contributed by atoms with Crippen LogP contribution in [-0.2, 0) is 0 Å². The lowest BCUT2D eigenvalue weighted by atomic mass is 9.82. The minimum Gasteiger partial charge on any atom is -0.199 e. The molecule has 0 nitrogen and oxygen atoms in total. The van der Waals surface area contributed by atoms with Crippen molar-refractivity contribution >= 4 is 22.6 Å². The number of hydrogen-bond donors (Lipinski definition) is 0. The molecule has 0 amide bonds. The van der Waals surface area contributed by atoms with Crippen molar-refractivity contribution in [3.63, 3.8) is 0 Å². The molecule has 0 N–H and O–H groups in total. The lowest BCUT2D eigenvalue weighted by molar-refractivity contribution is -0.463. The first-order chi connectivity index (χ1) is 16.2. The molecule has 0 bridgehead atoms. The zero-order valence-electron chi connectivity index (χ0n) is 18.9. The number of hydrogen-bond acceptors (Lipinski definition) is 0. The Hall–Kier alpha value is -0.460. The molecule has 0 spiro atoms. The summed E-state index contributed by atoms with van der Waals surface area (Å²) in [6.45, 7) is 2.51. The molecule has 37 heavy (non-hydrogen) atoms. The van der Waals surface area contributed by atoms with Gasteiger partial charge in [-0.3, -0.25) is 0 Å². The van der Waals surface area contributed by atoms with Crippen molar-refractivity contribution in [2.45, 2.75) is 110 Å². The molecule has 0 rings (SSSR count). The molecule has 0 fully saturated rings. The third kappa shape index (κ3) is 6.01. The van der Waals surface area contributed by atoms with Crippen molar-refractivity contribution in [3.8, 4) is 0 Å². The second-order valence-electron chi connectivity index (χ2n) is 8.30. The number of unbranched alkanes of at least 4 members (excludes halogenated alkanes) is 4. The van der Waals surface area contributed by atoms with E-state index in [0.29, 0.717) is 26.2 Å². The topological polar surface area (TPSA) is 0 Å². The Balaban J connectivity index is 6.46. The lowest BCUT2D eigenvalue weighted by Crippen LogP contribution is -2.75. The Bertz CT molecular complexity index is 729. The fourth-order valence-electron chi connectivity index (χ4n) is 3.29. The molecule has 0 saturated carbocycles.